The Kier molecular flexibility index (Phi) is 3.76. The highest BCUT2D eigenvalue weighted by molar-refractivity contribution is 5.99. The van der Waals surface area contributed by atoms with Gasteiger partial charge in [0.2, 0.25) is 0 Å². The highest BCUT2D eigenvalue weighted by Crippen LogP contribution is 2.30. The van der Waals surface area contributed by atoms with Gasteiger partial charge in [0.05, 0.1) is 12.1 Å². The van der Waals surface area contributed by atoms with Crippen molar-refractivity contribution in [2.45, 2.75) is 26.2 Å². The number of carbonyl (C=O) groups excluding carboxylic acids is 1. The quantitative estimate of drug-likeness (QED) is 0.599. The number of hydroxylamine groups is 1. The number of fused-ring (bicyclic) bond motifs is 1. The molecule has 2 rings (SSSR count). The Balaban J connectivity index is 2.07. The van der Waals surface area contributed by atoms with E-state index in [4.69, 9.17) is 0 Å². The predicted molar refractivity (Wildman–Crippen MR) is 66.3 cm³/mol. The maximum atomic E-state index is 11.4. The SMILES string of the molecule is CCCNCCc1cccc2c1CC(=O)N2O. The van der Waals surface area contributed by atoms with E-state index in [1.165, 1.54) is 0 Å². The maximum absolute atomic E-state index is 11.4. The number of hydrogen-bond acceptors (Lipinski definition) is 3. The molecule has 0 bridgehead atoms. The molecule has 0 unspecified atom stereocenters. The van der Waals surface area contributed by atoms with Gasteiger partial charge < -0.3 is 5.32 Å². The Morgan fingerprint density at radius 2 is 2.24 bits per heavy atom. The second-order valence-corrected chi connectivity index (χ2v) is 4.30. The van der Waals surface area contributed by atoms with E-state index >= 15 is 0 Å². The van der Waals surface area contributed by atoms with Crippen molar-refractivity contribution < 1.29 is 10.0 Å². The number of carbonyl (C=O) groups is 1. The fourth-order valence-corrected chi connectivity index (χ4v) is 2.14. The van der Waals surface area contributed by atoms with Gasteiger partial charge in [0, 0.05) is 0 Å². The summed E-state index contributed by atoms with van der Waals surface area (Å²) < 4.78 is 0. The summed E-state index contributed by atoms with van der Waals surface area (Å²) in [6.07, 6.45) is 2.33. The number of anilines is 1. The van der Waals surface area contributed by atoms with Crippen molar-refractivity contribution in [3.8, 4) is 0 Å². The highest BCUT2D eigenvalue weighted by atomic mass is 16.5. The molecule has 0 atom stereocenters. The van der Waals surface area contributed by atoms with Crippen LogP contribution < -0.4 is 10.4 Å². The average molecular weight is 234 g/mol. The lowest BCUT2D eigenvalue weighted by Gasteiger charge is -2.10. The standard InChI is InChI=1S/C13H18N2O2/c1-2-7-14-8-6-10-4-3-5-12-11(10)9-13(16)15(12)17/h3-5,14,17H,2,6-9H2,1H3. The molecule has 0 radical (unpaired) electrons. The van der Waals surface area contributed by atoms with E-state index in [1.807, 2.05) is 12.1 Å². The molecule has 1 aromatic carbocycles. The number of rotatable bonds is 5. The van der Waals surface area contributed by atoms with Crippen LogP contribution in [0, 0.1) is 0 Å². The van der Waals surface area contributed by atoms with Crippen LogP contribution in [0.2, 0.25) is 0 Å². The molecule has 0 aliphatic carbocycles. The van der Waals surface area contributed by atoms with Crippen molar-refractivity contribution >= 4 is 11.6 Å². The van der Waals surface area contributed by atoms with Crippen LogP contribution in [-0.4, -0.2) is 24.2 Å². The molecule has 2 N–H and O–H groups in total. The van der Waals surface area contributed by atoms with Gasteiger partial charge in [-0.05, 0) is 43.1 Å². The Hall–Kier alpha value is -1.39. The van der Waals surface area contributed by atoms with Gasteiger partial charge >= 0.3 is 0 Å². The van der Waals surface area contributed by atoms with Crippen LogP contribution in [0.15, 0.2) is 18.2 Å². The van der Waals surface area contributed by atoms with Crippen LogP contribution in [0.25, 0.3) is 0 Å². The zero-order valence-corrected chi connectivity index (χ0v) is 10.1. The number of amides is 1. The molecule has 0 spiro atoms. The summed E-state index contributed by atoms with van der Waals surface area (Å²) in [5.41, 5.74) is 2.76. The van der Waals surface area contributed by atoms with Gasteiger partial charge in [-0.3, -0.25) is 10.0 Å². The molecule has 0 saturated heterocycles. The normalized spacial score (nSPS) is 14.2. The first kappa shape index (κ1) is 12.1. The molecule has 4 heteroatoms. The van der Waals surface area contributed by atoms with Gasteiger partial charge in [-0.15, -0.1) is 0 Å². The number of benzene rings is 1. The smallest absolute Gasteiger partial charge is 0.255 e. The van der Waals surface area contributed by atoms with Crippen LogP contribution in [-0.2, 0) is 17.6 Å². The van der Waals surface area contributed by atoms with Gasteiger partial charge in [0.1, 0.15) is 0 Å². The molecule has 1 aliphatic rings. The summed E-state index contributed by atoms with van der Waals surface area (Å²) in [4.78, 5) is 11.4. The summed E-state index contributed by atoms with van der Waals surface area (Å²) in [6, 6.07) is 5.69. The molecule has 0 saturated carbocycles. The van der Waals surface area contributed by atoms with Crippen molar-refractivity contribution in [3.63, 3.8) is 0 Å². The second-order valence-electron chi connectivity index (χ2n) is 4.30. The summed E-state index contributed by atoms with van der Waals surface area (Å²) in [5, 5.41) is 13.7. The monoisotopic (exact) mass is 234 g/mol. The van der Waals surface area contributed by atoms with E-state index in [-0.39, 0.29) is 5.91 Å². The first-order valence-electron chi connectivity index (χ1n) is 6.07. The van der Waals surface area contributed by atoms with E-state index < -0.39 is 0 Å². The summed E-state index contributed by atoms with van der Waals surface area (Å²) in [6.45, 7) is 4.06. The van der Waals surface area contributed by atoms with Gasteiger partial charge in [-0.25, -0.2) is 0 Å². The molecule has 17 heavy (non-hydrogen) atoms. The second kappa shape index (κ2) is 5.29. The predicted octanol–water partition coefficient (Wildman–Crippen LogP) is 1.51. The number of nitrogens with zero attached hydrogens (tertiary/aromatic N) is 1. The fraction of sp³-hybridized carbons (Fsp3) is 0.462. The molecular weight excluding hydrogens is 216 g/mol. The van der Waals surface area contributed by atoms with Crippen molar-refractivity contribution in [2.24, 2.45) is 0 Å². The molecule has 92 valence electrons. The van der Waals surface area contributed by atoms with Crippen LogP contribution in [0.3, 0.4) is 0 Å². The van der Waals surface area contributed by atoms with Crippen LogP contribution >= 0.6 is 0 Å². The maximum Gasteiger partial charge on any atom is 0.255 e. The van der Waals surface area contributed by atoms with Crippen molar-refractivity contribution in [1.82, 2.24) is 5.32 Å². The Bertz CT molecular complexity index is 418. The first-order chi connectivity index (χ1) is 8.24. The molecule has 4 nitrogen and oxygen atoms in total. The molecule has 0 aromatic heterocycles. The largest absolute Gasteiger partial charge is 0.316 e. The summed E-state index contributed by atoms with van der Waals surface area (Å²) in [7, 11) is 0. The topological polar surface area (TPSA) is 52.6 Å². The highest BCUT2D eigenvalue weighted by Gasteiger charge is 2.27. The van der Waals surface area contributed by atoms with E-state index in [2.05, 4.69) is 12.2 Å². The molecule has 1 heterocycles. The molecule has 1 amide bonds. The zero-order valence-electron chi connectivity index (χ0n) is 10.1. The van der Waals surface area contributed by atoms with E-state index in [1.54, 1.807) is 6.07 Å². The molecule has 1 aliphatic heterocycles. The minimum Gasteiger partial charge on any atom is -0.316 e. The Morgan fingerprint density at radius 3 is 3.00 bits per heavy atom. The van der Waals surface area contributed by atoms with E-state index in [9.17, 15) is 10.0 Å². The van der Waals surface area contributed by atoms with Gasteiger partial charge in [0.25, 0.3) is 5.91 Å². The minimum atomic E-state index is -0.242. The number of nitrogens with one attached hydrogen (secondary N) is 1. The third-order valence-electron chi connectivity index (χ3n) is 3.04. The van der Waals surface area contributed by atoms with Gasteiger partial charge in [-0.2, -0.15) is 5.06 Å². The van der Waals surface area contributed by atoms with Crippen LogP contribution in [0.5, 0.6) is 0 Å². The number of hydrogen-bond donors (Lipinski definition) is 2. The van der Waals surface area contributed by atoms with Gasteiger partial charge in [0.15, 0.2) is 0 Å². The first-order valence-corrected chi connectivity index (χ1v) is 6.07. The van der Waals surface area contributed by atoms with E-state index in [0.717, 1.165) is 42.1 Å². The van der Waals surface area contributed by atoms with Gasteiger partial charge in [-0.1, -0.05) is 19.1 Å². The average Bonchev–Trinajstić information content (AvgIpc) is 2.62. The Labute approximate surface area is 101 Å². The van der Waals surface area contributed by atoms with Crippen molar-refractivity contribution in [2.75, 3.05) is 18.2 Å². The van der Waals surface area contributed by atoms with Crippen molar-refractivity contribution in [3.05, 3.63) is 29.3 Å². The van der Waals surface area contributed by atoms with Crippen LogP contribution in [0.4, 0.5) is 5.69 Å². The third-order valence-corrected chi connectivity index (χ3v) is 3.04. The fourth-order valence-electron chi connectivity index (χ4n) is 2.14. The van der Waals surface area contributed by atoms with Crippen LogP contribution in [0.1, 0.15) is 24.5 Å². The zero-order chi connectivity index (χ0) is 12.3. The lowest BCUT2D eigenvalue weighted by atomic mass is 10.0. The summed E-state index contributed by atoms with van der Waals surface area (Å²) >= 11 is 0. The lowest BCUT2D eigenvalue weighted by Crippen LogP contribution is -2.21. The molecule has 1 aromatic rings. The van der Waals surface area contributed by atoms with Crippen molar-refractivity contribution in [1.29, 1.82) is 0 Å². The molecule has 0 fully saturated rings. The summed E-state index contributed by atoms with van der Waals surface area (Å²) in [5.74, 6) is -0.242. The molecular formula is C13H18N2O2. The van der Waals surface area contributed by atoms with E-state index in [0.29, 0.717) is 12.1 Å². The Morgan fingerprint density at radius 1 is 1.41 bits per heavy atom. The lowest BCUT2D eigenvalue weighted by molar-refractivity contribution is -0.122. The third kappa shape index (κ3) is 2.48. The minimum absolute atomic E-state index is 0.242.